The molecule has 3 aromatic rings. The van der Waals surface area contributed by atoms with Crippen LogP contribution in [0.25, 0.3) is 16.9 Å². The summed E-state index contributed by atoms with van der Waals surface area (Å²) in [7, 11) is -4.00. The van der Waals surface area contributed by atoms with Crippen molar-refractivity contribution in [1.29, 1.82) is 0 Å². The van der Waals surface area contributed by atoms with E-state index in [0.717, 1.165) is 15.1 Å². The van der Waals surface area contributed by atoms with E-state index in [-0.39, 0.29) is 29.4 Å². The normalized spacial score (nSPS) is 12.5. The van der Waals surface area contributed by atoms with E-state index in [9.17, 15) is 21.6 Å². The molecule has 0 aliphatic carbocycles. The Balaban J connectivity index is 2.04. The molecule has 0 atom stereocenters. The van der Waals surface area contributed by atoms with Gasteiger partial charge in [0.2, 0.25) is 10.0 Å². The molecule has 166 valence electrons. The number of aromatic nitrogens is 2. The van der Waals surface area contributed by atoms with Crippen molar-refractivity contribution in [2.75, 3.05) is 26.3 Å². The lowest BCUT2D eigenvalue weighted by atomic mass is 10.1. The Morgan fingerprint density at radius 1 is 0.935 bits per heavy atom. The fourth-order valence-corrected chi connectivity index (χ4v) is 4.44. The number of sulfonamides is 1. The minimum Gasteiger partial charge on any atom is -0.395 e. The Hall–Kier alpha value is -2.73. The Labute approximate surface area is 177 Å². The zero-order valence-corrected chi connectivity index (χ0v) is 17.0. The molecular formula is C20H20F3N3O4S. The van der Waals surface area contributed by atoms with Gasteiger partial charge >= 0.3 is 6.18 Å². The molecule has 0 radical (unpaired) electrons. The summed E-state index contributed by atoms with van der Waals surface area (Å²) < 4.78 is 67.3. The third kappa shape index (κ3) is 4.96. The molecule has 0 unspecified atom stereocenters. The van der Waals surface area contributed by atoms with Gasteiger partial charge in [-0.05, 0) is 30.3 Å². The van der Waals surface area contributed by atoms with Gasteiger partial charge < -0.3 is 10.2 Å². The summed E-state index contributed by atoms with van der Waals surface area (Å²) >= 11 is 0. The van der Waals surface area contributed by atoms with Crippen LogP contribution in [0.15, 0.2) is 65.6 Å². The molecule has 1 heterocycles. The predicted molar refractivity (Wildman–Crippen MR) is 107 cm³/mol. The number of hydrogen-bond acceptors (Lipinski definition) is 5. The highest BCUT2D eigenvalue weighted by atomic mass is 32.2. The van der Waals surface area contributed by atoms with Gasteiger partial charge in [0.15, 0.2) is 5.69 Å². The number of rotatable bonds is 8. The van der Waals surface area contributed by atoms with Gasteiger partial charge in [0.1, 0.15) is 0 Å². The molecule has 0 aliphatic rings. The average Bonchev–Trinajstić information content (AvgIpc) is 3.20. The van der Waals surface area contributed by atoms with Crippen LogP contribution in [-0.2, 0) is 16.2 Å². The van der Waals surface area contributed by atoms with Gasteiger partial charge in [0.05, 0.1) is 29.5 Å². The average molecular weight is 455 g/mol. The van der Waals surface area contributed by atoms with Crippen molar-refractivity contribution in [3.63, 3.8) is 0 Å². The molecular weight excluding hydrogens is 435 g/mol. The summed E-state index contributed by atoms with van der Waals surface area (Å²) in [6.45, 7) is -1.25. The van der Waals surface area contributed by atoms with Crippen molar-refractivity contribution in [1.82, 2.24) is 14.1 Å². The highest BCUT2D eigenvalue weighted by molar-refractivity contribution is 7.89. The van der Waals surface area contributed by atoms with Crippen LogP contribution in [0.3, 0.4) is 0 Å². The molecule has 0 bridgehead atoms. The highest BCUT2D eigenvalue weighted by Crippen LogP contribution is 2.33. The van der Waals surface area contributed by atoms with Gasteiger partial charge in [-0.1, -0.05) is 30.3 Å². The number of nitrogens with zero attached hydrogens (tertiary/aromatic N) is 3. The van der Waals surface area contributed by atoms with Crippen molar-refractivity contribution < 1.29 is 31.8 Å². The zero-order chi connectivity index (χ0) is 22.6. The second-order valence-corrected chi connectivity index (χ2v) is 8.47. The van der Waals surface area contributed by atoms with Crippen LogP contribution in [0.5, 0.6) is 0 Å². The van der Waals surface area contributed by atoms with Gasteiger partial charge in [-0.2, -0.15) is 22.6 Å². The van der Waals surface area contributed by atoms with E-state index in [4.69, 9.17) is 10.2 Å². The summed E-state index contributed by atoms with van der Waals surface area (Å²) in [4.78, 5) is -0.123. The van der Waals surface area contributed by atoms with Crippen molar-refractivity contribution in [3.05, 3.63) is 66.4 Å². The lowest BCUT2D eigenvalue weighted by molar-refractivity contribution is -0.141. The van der Waals surface area contributed by atoms with Gasteiger partial charge in [0, 0.05) is 18.7 Å². The Morgan fingerprint density at radius 3 is 2.03 bits per heavy atom. The number of hydrogen-bond donors (Lipinski definition) is 2. The molecule has 0 spiro atoms. The molecule has 0 fully saturated rings. The van der Waals surface area contributed by atoms with Gasteiger partial charge in [-0.15, -0.1) is 0 Å². The first-order valence-electron chi connectivity index (χ1n) is 9.23. The first-order chi connectivity index (χ1) is 14.7. The van der Waals surface area contributed by atoms with Crippen LogP contribution < -0.4 is 0 Å². The highest BCUT2D eigenvalue weighted by Gasteiger charge is 2.35. The predicted octanol–water partition coefficient (Wildman–Crippen LogP) is 2.53. The van der Waals surface area contributed by atoms with Crippen molar-refractivity contribution in [2.45, 2.75) is 11.1 Å². The van der Waals surface area contributed by atoms with Crippen molar-refractivity contribution in [2.24, 2.45) is 0 Å². The van der Waals surface area contributed by atoms with Crippen LogP contribution in [0.1, 0.15) is 5.69 Å². The number of aliphatic hydroxyl groups excluding tert-OH is 2. The monoisotopic (exact) mass is 455 g/mol. The maximum absolute atomic E-state index is 13.3. The first kappa shape index (κ1) is 22.9. The third-order valence-corrected chi connectivity index (χ3v) is 6.40. The Kier molecular flexibility index (Phi) is 6.80. The van der Waals surface area contributed by atoms with Crippen LogP contribution in [0.2, 0.25) is 0 Å². The molecule has 1 aromatic heterocycles. The SMILES string of the molecule is O=S(=O)(c1ccc(-n2nc(C(F)(F)F)cc2-c2ccccc2)cc1)N(CCO)CCO. The van der Waals surface area contributed by atoms with Gasteiger partial charge in [-0.3, -0.25) is 0 Å². The van der Waals surface area contributed by atoms with E-state index in [2.05, 4.69) is 5.10 Å². The fourth-order valence-electron chi connectivity index (χ4n) is 3.01. The van der Waals surface area contributed by atoms with E-state index < -0.39 is 35.1 Å². The van der Waals surface area contributed by atoms with Crippen molar-refractivity contribution in [3.8, 4) is 16.9 Å². The number of aliphatic hydroxyl groups is 2. The number of halogens is 3. The van der Waals surface area contributed by atoms with Gasteiger partial charge in [0.25, 0.3) is 0 Å². The van der Waals surface area contributed by atoms with Crippen LogP contribution in [-0.4, -0.2) is 59.0 Å². The zero-order valence-electron chi connectivity index (χ0n) is 16.2. The standard InChI is InChI=1S/C20H20F3N3O4S/c21-20(22,23)19-14-18(15-4-2-1-3-5-15)26(24-19)16-6-8-17(9-7-16)31(29,30)25(10-12-27)11-13-28/h1-9,14,27-28H,10-13H2. The van der Waals surface area contributed by atoms with Crippen LogP contribution in [0, 0.1) is 0 Å². The van der Waals surface area contributed by atoms with Gasteiger partial charge in [-0.25, -0.2) is 13.1 Å². The van der Waals surface area contributed by atoms with E-state index in [1.54, 1.807) is 30.3 Å². The number of benzene rings is 2. The Bertz CT molecular complexity index is 1110. The van der Waals surface area contributed by atoms with E-state index >= 15 is 0 Å². The molecule has 3 rings (SSSR count). The topological polar surface area (TPSA) is 95.7 Å². The number of alkyl halides is 3. The van der Waals surface area contributed by atoms with E-state index in [0.29, 0.717) is 5.56 Å². The molecule has 11 heteroatoms. The summed E-state index contributed by atoms with van der Waals surface area (Å²) in [5.41, 5.74) is -0.116. The lowest BCUT2D eigenvalue weighted by Gasteiger charge is -2.20. The summed E-state index contributed by atoms with van der Waals surface area (Å²) in [6, 6.07) is 14.5. The van der Waals surface area contributed by atoms with Crippen molar-refractivity contribution >= 4 is 10.0 Å². The molecule has 0 saturated heterocycles. The fraction of sp³-hybridized carbons (Fsp3) is 0.250. The molecule has 0 saturated carbocycles. The molecule has 0 aliphatic heterocycles. The largest absolute Gasteiger partial charge is 0.435 e. The van der Waals surface area contributed by atoms with E-state index in [1.165, 1.54) is 24.3 Å². The Morgan fingerprint density at radius 2 is 1.52 bits per heavy atom. The molecule has 31 heavy (non-hydrogen) atoms. The maximum atomic E-state index is 13.3. The molecule has 0 amide bonds. The van der Waals surface area contributed by atoms with Crippen LogP contribution >= 0.6 is 0 Å². The summed E-state index contributed by atoms with van der Waals surface area (Å²) in [5.74, 6) is 0. The lowest BCUT2D eigenvalue weighted by Crippen LogP contribution is -2.35. The minimum atomic E-state index is -4.65. The second kappa shape index (κ2) is 9.18. The second-order valence-electron chi connectivity index (χ2n) is 6.54. The molecule has 2 aromatic carbocycles. The minimum absolute atomic E-state index is 0.123. The van der Waals surface area contributed by atoms with E-state index in [1.807, 2.05) is 0 Å². The summed E-state index contributed by atoms with van der Waals surface area (Å²) in [5, 5.41) is 21.8. The first-order valence-corrected chi connectivity index (χ1v) is 10.7. The quantitative estimate of drug-likeness (QED) is 0.544. The maximum Gasteiger partial charge on any atom is 0.435 e. The smallest absolute Gasteiger partial charge is 0.395 e. The molecule has 7 nitrogen and oxygen atoms in total. The molecule has 2 N–H and O–H groups in total. The van der Waals surface area contributed by atoms with Crippen LogP contribution in [0.4, 0.5) is 13.2 Å². The summed E-state index contributed by atoms with van der Waals surface area (Å²) in [6.07, 6.45) is -4.65. The third-order valence-electron chi connectivity index (χ3n) is 4.49.